The molecule has 1 N–H and O–H groups in total. The second kappa shape index (κ2) is 8.84. The van der Waals surface area contributed by atoms with E-state index in [1.54, 1.807) is 47.4 Å². The summed E-state index contributed by atoms with van der Waals surface area (Å²) in [5, 5.41) is 9.65. The van der Waals surface area contributed by atoms with Gasteiger partial charge in [-0.1, -0.05) is 6.07 Å². The number of carboxylic acid groups (broad SMARTS) is 1. The molecular formula is C24H19FN2O4S. The van der Waals surface area contributed by atoms with Gasteiger partial charge in [0.2, 0.25) is 0 Å². The van der Waals surface area contributed by atoms with E-state index in [4.69, 9.17) is 9.52 Å². The fourth-order valence-corrected chi connectivity index (χ4v) is 4.32. The minimum Gasteiger partial charge on any atom is -0.478 e. The number of hydrogen-bond acceptors (Lipinski definition) is 5. The van der Waals surface area contributed by atoms with Gasteiger partial charge in [-0.2, -0.15) is 0 Å². The number of aliphatic imine (C=N–C) groups is 1. The molecule has 1 aliphatic rings. The molecule has 0 radical (unpaired) electrons. The number of aromatic carboxylic acids is 1. The number of amides is 1. The van der Waals surface area contributed by atoms with Crippen LogP contribution in [0.5, 0.6) is 0 Å². The Morgan fingerprint density at radius 2 is 1.94 bits per heavy atom. The molecule has 1 fully saturated rings. The van der Waals surface area contributed by atoms with E-state index in [1.165, 1.54) is 30.0 Å². The molecule has 0 spiro atoms. The van der Waals surface area contributed by atoms with Gasteiger partial charge < -0.3 is 9.52 Å². The van der Waals surface area contributed by atoms with Crippen LogP contribution in [0.25, 0.3) is 17.4 Å². The van der Waals surface area contributed by atoms with Gasteiger partial charge in [-0.25, -0.2) is 14.2 Å². The molecule has 0 atom stereocenters. The minimum absolute atomic E-state index is 0.182. The second-order valence-electron chi connectivity index (χ2n) is 7.07. The zero-order valence-corrected chi connectivity index (χ0v) is 18.1. The summed E-state index contributed by atoms with van der Waals surface area (Å²) < 4.78 is 19.1. The van der Waals surface area contributed by atoms with E-state index < -0.39 is 5.97 Å². The molecule has 1 amide bonds. The van der Waals surface area contributed by atoms with Gasteiger partial charge in [0.05, 0.1) is 16.2 Å². The van der Waals surface area contributed by atoms with Crippen LogP contribution in [0.15, 0.2) is 68.9 Å². The summed E-state index contributed by atoms with van der Waals surface area (Å²) in [7, 11) is 0. The topological polar surface area (TPSA) is 83.1 Å². The Bertz CT molecular complexity index is 1260. The molecule has 1 saturated heterocycles. The van der Waals surface area contributed by atoms with Gasteiger partial charge in [0.1, 0.15) is 17.3 Å². The summed E-state index contributed by atoms with van der Waals surface area (Å²) in [6.07, 6.45) is 1.66. The standard InChI is InChI=1S/C24H19FN2O4S/c1-3-27-22(28)21(32-24(27)26-17-7-5-16(25)6-8-17)13-18-9-11-20(31-18)19-10-4-15(23(29)30)12-14(19)2/h4-13H,3H2,1-2H3,(H,29,30)/b21-13-,26-24?. The number of benzene rings is 2. The SMILES string of the molecule is CCN1C(=O)/C(=C/c2ccc(-c3ccc(C(=O)O)cc3C)o2)SC1=Nc1ccc(F)cc1. The highest BCUT2D eigenvalue weighted by Crippen LogP contribution is 2.35. The summed E-state index contributed by atoms with van der Waals surface area (Å²) in [5.41, 5.74) is 2.32. The molecule has 162 valence electrons. The number of carboxylic acids is 1. The molecule has 0 aliphatic carbocycles. The summed E-state index contributed by atoms with van der Waals surface area (Å²) in [5.74, 6) is -0.442. The van der Waals surface area contributed by atoms with Crippen LogP contribution in [-0.2, 0) is 4.79 Å². The fraction of sp³-hybridized carbons (Fsp3) is 0.125. The number of carbonyl (C=O) groups excluding carboxylic acids is 1. The van der Waals surface area contributed by atoms with E-state index in [0.717, 1.165) is 11.1 Å². The minimum atomic E-state index is -0.986. The monoisotopic (exact) mass is 450 g/mol. The van der Waals surface area contributed by atoms with Crippen LogP contribution in [-0.4, -0.2) is 33.6 Å². The number of likely N-dealkylation sites (N-methyl/N-ethyl adjacent to an activating group) is 1. The van der Waals surface area contributed by atoms with Crippen LogP contribution in [0.3, 0.4) is 0 Å². The molecule has 3 aromatic rings. The van der Waals surface area contributed by atoms with Crippen molar-refractivity contribution in [2.45, 2.75) is 13.8 Å². The first-order valence-corrected chi connectivity index (χ1v) is 10.7. The number of furan rings is 1. The van der Waals surface area contributed by atoms with Crippen LogP contribution < -0.4 is 0 Å². The maximum atomic E-state index is 13.2. The average Bonchev–Trinajstić information content (AvgIpc) is 3.34. The Kier molecular flexibility index (Phi) is 5.96. The number of nitrogens with zero attached hydrogens (tertiary/aromatic N) is 2. The normalized spacial score (nSPS) is 16.3. The van der Waals surface area contributed by atoms with Crippen molar-refractivity contribution in [1.82, 2.24) is 4.90 Å². The van der Waals surface area contributed by atoms with Crippen LogP contribution >= 0.6 is 11.8 Å². The molecule has 0 unspecified atom stereocenters. The van der Waals surface area contributed by atoms with Crippen LogP contribution in [0.2, 0.25) is 0 Å². The average molecular weight is 450 g/mol. The molecular weight excluding hydrogens is 431 g/mol. The van der Waals surface area contributed by atoms with Crippen molar-refractivity contribution in [2.24, 2.45) is 4.99 Å². The second-order valence-corrected chi connectivity index (χ2v) is 8.08. The lowest BCUT2D eigenvalue weighted by molar-refractivity contribution is -0.122. The highest BCUT2D eigenvalue weighted by molar-refractivity contribution is 8.18. The van der Waals surface area contributed by atoms with Crippen molar-refractivity contribution in [3.8, 4) is 11.3 Å². The third kappa shape index (κ3) is 4.36. The number of hydrogen-bond donors (Lipinski definition) is 1. The quantitative estimate of drug-likeness (QED) is 0.503. The number of halogens is 1. The number of rotatable bonds is 5. The largest absolute Gasteiger partial charge is 0.478 e. The van der Waals surface area contributed by atoms with E-state index in [0.29, 0.717) is 33.8 Å². The van der Waals surface area contributed by atoms with Crippen molar-refractivity contribution < 1.29 is 23.5 Å². The molecule has 32 heavy (non-hydrogen) atoms. The lowest BCUT2D eigenvalue weighted by atomic mass is 10.0. The van der Waals surface area contributed by atoms with Gasteiger partial charge in [-0.15, -0.1) is 0 Å². The van der Waals surface area contributed by atoms with E-state index in [1.807, 2.05) is 13.8 Å². The maximum Gasteiger partial charge on any atom is 0.335 e. The van der Waals surface area contributed by atoms with Crippen molar-refractivity contribution >= 4 is 40.6 Å². The Balaban J connectivity index is 1.60. The van der Waals surface area contributed by atoms with Gasteiger partial charge in [0.15, 0.2) is 5.17 Å². The molecule has 2 aromatic carbocycles. The number of amidine groups is 1. The molecule has 1 aliphatic heterocycles. The zero-order valence-electron chi connectivity index (χ0n) is 17.3. The van der Waals surface area contributed by atoms with Crippen LogP contribution in [0, 0.1) is 12.7 Å². The van der Waals surface area contributed by atoms with Gasteiger partial charge in [0.25, 0.3) is 5.91 Å². The maximum absolute atomic E-state index is 13.2. The molecule has 0 bridgehead atoms. The molecule has 1 aromatic heterocycles. The highest BCUT2D eigenvalue weighted by Gasteiger charge is 2.32. The molecule has 8 heteroatoms. The first-order valence-electron chi connectivity index (χ1n) is 9.85. The first-order chi connectivity index (χ1) is 15.4. The zero-order chi connectivity index (χ0) is 22.8. The number of thioether (sulfide) groups is 1. The van der Waals surface area contributed by atoms with Gasteiger partial charge >= 0.3 is 5.97 Å². The van der Waals surface area contributed by atoms with Gasteiger partial charge in [-0.3, -0.25) is 9.69 Å². The highest BCUT2D eigenvalue weighted by atomic mass is 32.2. The van der Waals surface area contributed by atoms with E-state index in [9.17, 15) is 14.0 Å². The van der Waals surface area contributed by atoms with Crippen LogP contribution in [0.4, 0.5) is 10.1 Å². The van der Waals surface area contributed by atoms with Crippen LogP contribution in [0.1, 0.15) is 28.6 Å². The van der Waals surface area contributed by atoms with Crippen molar-refractivity contribution in [3.63, 3.8) is 0 Å². The Hall–Kier alpha value is -3.65. The summed E-state index contributed by atoms with van der Waals surface area (Å²) >= 11 is 1.23. The third-order valence-corrected chi connectivity index (χ3v) is 5.90. The van der Waals surface area contributed by atoms with E-state index in [-0.39, 0.29) is 17.3 Å². The molecule has 6 nitrogen and oxygen atoms in total. The Labute approximate surface area is 188 Å². The molecule has 0 saturated carbocycles. The van der Waals surface area contributed by atoms with Gasteiger partial charge in [0, 0.05) is 18.2 Å². The van der Waals surface area contributed by atoms with Crippen molar-refractivity contribution in [1.29, 1.82) is 0 Å². The lowest BCUT2D eigenvalue weighted by Crippen LogP contribution is -2.28. The summed E-state index contributed by atoms with van der Waals surface area (Å²) in [6.45, 7) is 4.12. The Morgan fingerprint density at radius 1 is 1.19 bits per heavy atom. The summed E-state index contributed by atoms with van der Waals surface area (Å²) in [4.78, 5) is 30.5. The Morgan fingerprint density at radius 3 is 2.59 bits per heavy atom. The molecule has 4 rings (SSSR count). The number of aryl methyl sites for hydroxylation is 1. The number of carbonyl (C=O) groups is 2. The summed E-state index contributed by atoms with van der Waals surface area (Å²) in [6, 6.07) is 14.1. The van der Waals surface area contributed by atoms with Crippen molar-refractivity contribution in [2.75, 3.05) is 6.54 Å². The molecule has 2 heterocycles. The van der Waals surface area contributed by atoms with Crippen molar-refractivity contribution in [3.05, 3.63) is 82.2 Å². The third-order valence-electron chi connectivity index (χ3n) is 4.89. The fourth-order valence-electron chi connectivity index (χ4n) is 3.27. The predicted molar refractivity (Wildman–Crippen MR) is 122 cm³/mol. The van der Waals surface area contributed by atoms with E-state index in [2.05, 4.69) is 4.99 Å². The van der Waals surface area contributed by atoms with E-state index >= 15 is 0 Å². The lowest BCUT2D eigenvalue weighted by Gasteiger charge is -2.11. The first kappa shape index (κ1) is 21.6. The predicted octanol–water partition coefficient (Wildman–Crippen LogP) is 5.72. The smallest absolute Gasteiger partial charge is 0.335 e. The van der Waals surface area contributed by atoms with Gasteiger partial charge in [-0.05, 0) is 79.7 Å².